The number of benzene rings is 2. The summed E-state index contributed by atoms with van der Waals surface area (Å²) < 4.78 is 3.01. The maximum atomic E-state index is 13.3. The number of unbranched alkanes of at least 4 members (excludes halogenated alkanes) is 3. The van der Waals surface area contributed by atoms with Gasteiger partial charge < -0.3 is 10.2 Å². The highest BCUT2D eigenvalue weighted by Crippen LogP contribution is 2.25. The predicted octanol–water partition coefficient (Wildman–Crippen LogP) is 5.29. The molecule has 0 aliphatic carbocycles. The summed E-state index contributed by atoms with van der Waals surface area (Å²) in [6, 6.07) is 14.2. The van der Waals surface area contributed by atoms with Crippen LogP contribution < -0.4 is 5.69 Å². The molecule has 3 aromatic rings. The standard InChI is InChI=1S/C27H32N2O5/c1-3-5-9-17-28-24(26(32)33)23(12-6-4-2)29(27(28)34)18-19-13-15-20(16-14-19)21-10-7-8-11-22(21)25(30)31/h7-8,10-11,13-16H,3-6,9,12,17-18H2,1-2H3,(H,30,31)(H,32,33). The van der Waals surface area contributed by atoms with Crippen LogP contribution >= 0.6 is 0 Å². The van der Waals surface area contributed by atoms with Gasteiger partial charge in [-0.3, -0.25) is 9.13 Å². The lowest BCUT2D eigenvalue weighted by Crippen LogP contribution is -2.26. The molecule has 7 heteroatoms. The molecule has 0 unspecified atom stereocenters. The monoisotopic (exact) mass is 464 g/mol. The van der Waals surface area contributed by atoms with E-state index >= 15 is 0 Å². The van der Waals surface area contributed by atoms with Gasteiger partial charge in [0.15, 0.2) is 5.69 Å². The summed E-state index contributed by atoms with van der Waals surface area (Å²) in [5.74, 6) is -2.06. The number of hydrogen-bond acceptors (Lipinski definition) is 3. The molecule has 0 amide bonds. The summed E-state index contributed by atoms with van der Waals surface area (Å²) >= 11 is 0. The molecule has 0 saturated heterocycles. The van der Waals surface area contributed by atoms with Crippen LogP contribution in [-0.4, -0.2) is 31.3 Å². The van der Waals surface area contributed by atoms with Crippen LogP contribution in [0.2, 0.25) is 0 Å². The molecule has 0 atom stereocenters. The number of carboxylic acids is 2. The first-order valence-electron chi connectivity index (χ1n) is 11.9. The first-order valence-corrected chi connectivity index (χ1v) is 11.9. The molecule has 3 rings (SSSR count). The van der Waals surface area contributed by atoms with Crippen molar-refractivity contribution in [3.8, 4) is 11.1 Å². The second kappa shape index (κ2) is 11.5. The summed E-state index contributed by atoms with van der Waals surface area (Å²) in [7, 11) is 0. The van der Waals surface area contributed by atoms with E-state index < -0.39 is 11.9 Å². The van der Waals surface area contributed by atoms with Crippen molar-refractivity contribution in [3.05, 3.63) is 81.5 Å². The van der Waals surface area contributed by atoms with E-state index in [0.717, 1.165) is 43.2 Å². The van der Waals surface area contributed by atoms with Crippen molar-refractivity contribution in [2.75, 3.05) is 0 Å². The zero-order chi connectivity index (χ0) is 24.7. The van der Waals surface area contributed by atoms with Crippen LogP contribution in [0, 0.1) is 0 Å². The van der Waals surface area contributed by atoms with E-state index in [1.165, 1.54) is 4.57 Å². The number of aromatic carboxylic acids is 2. The first-order chi connectivity index (χ1) is 16.4. The normalized spacial score (nSPS) is 11.0. The van der Waals surface area contributed by atoms with Gasteiger partial charge in [-0.25, -0.2) is 14.4 Å². The van der Waals surface area contributed by atoms with Crippen molar-refractivity contribution in [2.45, 2.75) is 65.5 Å². The number of carbonyl (C=O) groups is 2. The van der Waals surface area contributed by atoms with Gasteiger partial charge in [-0.15, -0.1) is 0 Å². The van der Waals surface area contributed by atoms with Crippen LogP contribution in [0.3, 0.4) is 0 Å². The third-order valence-corrected chi connectivity index (χ3v) is 6.05. The molecule has 0 bridgehead atoms. The minimum atomic E-state index is -1.07. The second-order valence-electron chi connectivity index (χ2n) is 8.48. The Bertz CT molecular complexity index is 1200. The molecule has 180 valence electrons. The topological polar surface area (TPSA) is 102 Å². The molecule has 1 heterocycles. The zero-order valence-electron chi connectivity index (χ0n) is 19.8. The average molecular weight is 465 g/mol. The molecule has 0 saturated carbocycles. The van der Waals surface area contributed by atoms with E-state index in [4.69, 9.17) is 0 Å². The largest absolute Gasteiger partial charge is 0.478 e. The van der Waals surface area contributed by atoms with Gasteiger partial charge >= 0.3 is 17.6 Å². The molecule has 0 fully saturated rings. The first kappa shape index (κ1) is 25.0. The van der Waals surface area contributed by atoms with Gasteiger partial charge in [-0.2, -0.15) is 0 Å². The lowest BCUT2D eigenvalue weighted by Gasteiger charge is -2.10. The SMILES string of the molecule is CCCCCn1c(C(=O)O)c(CCCC)n(Cc2ccc(-c3ccccc3C(=O)O)cc2)c1=O. The zero-order valence-corrected chi connectivity index (χ0v) is 19.8. The molecular weight excluding hydrogens is 432 g/mol. The Morgan fingerprint density at radius 3 is 2.12 bits per heavy atom. The number of aromatic nitrogens is 2. The van der Waals surface area contributed by atoms with E-state index in [2.05, 4.69) is 6.92 Å². The second-order valence-corrected chi connectivity index (χ2v) is 8.48. The van der Waals surface area contributed by atoms with Gasteiger partial charge in [0.05, 0.1) is 17.8 Å². The Labute approximate surface area is 199 Å². The number of rotatable bonds is 12. The maximum absolute atomic E-state index is 13.3. The van der Waals surface area contributed by atoms with Crippen LogP contribution in [0.25, 0.3) is 11.1 Å². The van der Waals surface area contributed by atoms with Crippen molar-refractivity contribution in [1.82, 2.24) is 9.13 Å². The molecule has 1 aromatic heterocycles. The van der Waals surface area contributed by atoms with E-state index in [9.17, 15) is 24.6 Å². The predicted molar refractivity (Wildman–Crippen MR) is 132 cm³/mol. The fourth-order valence-corrected chi connectivity index (χ4v) is 4.26. The number of nitrogens with zero attached hydrogens (tertiary/aromatic N) is 2. The summed E-state index contributed by atoms with van der Waals surface area (Å²) in [5, 5.41) is 19.4. The van der Waals surface area contributed by atoms with Crippen LogP contribution in [0.5, 0.6) is 0 Å². The van der Waals surface area contributed by atoms with Crippen molar-refractivity contribution < 1.29 is 19.8 Å². The van der Waals surface area contributed by atoms with E-state index in [-0.39, 0.29) is 23.5 Å². The van der Waals surface area contributed by atoms with Gasteiger partial charge in [0.25, 0.3) is 0 Å². The van der Waals surface area contributed by atoms with E-state index in [0.29, 0.717) is 24.2 Å². The Kier molecular flexibility index (Phi) is 8.46. The summed E-state index contributed by atoms with van der Waals surface area (Å²) in [6.45, 7) is 4.76. The highest BCUT2D eigenvalue weighted by atomic mass is 16.4. The highest BCUT2D eigenvalue weighted by molar-refractivity contribution is 5.96. The third kappa shape index (κ3) is 5.47. The summed E-state index contributed by atoms with van der Waals surface area (Å²) in [6.07, 6.45) is 4.89. The van der Waals surface area contributed by atoms with Gasteiger partial charge in [0.2, 0.25) is 0 Å². The molecule has 0 aliphatic heterocycles. The average Bonchev–Trinajstić information content (AvgIpc) is 3.09. The molecule has 0 aliphatic rings. The van der Waals surface area contributed by atoms with Gasteiger partial charge in [0.1, 0.15) is 0 Å². The van der Waals surface area contributed by atoms with Gasteiger partial charge in [-0.1, -0.05) is 75.6 Å². The maximum Gasteiger partial charge on any atom is 0.354 e. The summed E-state index contributed by atoms with van der Waals surface area (Å²) in [4.78, 5) is 37.0. The minimum absolute atomic E-state index is 0.0987. The number of hydrogen-bond donors (Lipinski definition) is 2. The Morgan fingerprint density at radius 2 is 1.50 bits per heavy atom. The Hall–Kier alpha value is -3.61. The van der Waals surface area contributed by atoms with Crippen molar-refractivity contribution in [1.29, 1.82) is 0 Å². The third-order valence-electron chi connectivity index (χ3n) is 6.05. The van der Waals surface area contributed by atoms with E-state index in [1.807, 2.05) is 31.2 Å². The summed E-state index contributed by atoms with van der Waals surface area (Å²) in [5.41, 5.74) is 2.83. The highest BCUT2D eigenvalue weighted by Gasteiger charge is 2.24. The van der Waals surface area contributed by atoms with Crippen molar-refractivity contribution in [3.63, 3.8) is 0 Å². The van der Waals surface area contributed by atoms with Crippen molar-refractivity contribution in [2.24, 2.45) is 0 Å². The van der Waals surface area contributed by atoms with Crippen molar-refractivity contribution >= 4 is 11.9 Å². The molecule has 0 spiro atoms. The fourth-order valence-electron chi connectivity index (χ4n) is 4.26. The lowest BCUT2D eigenvalue weighted by atomic mass is 9.99. The van der Waals surface area contributed by atoms with E-state index in [1.54, 1.807) is 28.8 Å². The van der Waals surface area contributed by atoms with Crippen LogP contribution in [-0.2, 0) is 19.5 Å². The Morgan fingerprint density at radius 1 is 0.824 bits per heavy atom. The molecule has 0 radical (unpaired) electrons. The molecular formula is C27H32N2O5. The van der Waals surface area contributed by atoms with Crippen LogP contribution in [0.15, 0.2) is 53.3 Å². The van der Waals surface area contributed by atoms with Crippen LogP contribution in [0.1, 0.15) is 78.1 Å². The Balaban J connectivity index is 1.98. The smallest absolute Gasteiger partial charge is 0.354 e. The van der Waals surface area contributed by atoms with Gasteiger partial charge in [0, 0.05) is 6.54 Å². The minimum Gasteiger partial charge on any atom is -0.478 e. The van der Waals surface area contributed by atoms with Crippen LogP contribution in [0.4, 0.5) is 0 Å². The lowest BCUT2D eigenvalue weighted by molar-refractivity contribution is 0.0677. The van der Waals surface area contributed by atoms with Gasteiger partial charge in [-0.05, 0) is 42.0 Å². The molecule has 2 N–H and O–H groups in total. The molecule has 34 heavy (non-hydrogen) atoms. The molecule has 7 nitrogen and oxygen atoms in total. The quantitative estimate of drug-likeness (QED) is 0.355. The fraction of sp³-hybridized carbons (Fsp3) is 0.370. The number of carboxylic acid groups (broad SMARTS) is 2. The molecule has 2 aromatic carbocycles. The number of imidazole rings is 1.